The molecule has 1 fully saturated rings. The third-order valence-electron chi connectivity index (χ3n) is 5.45. The van der Waals surface area contributed by atoms with Crippen LogP contribution in [0.4, 0.5) is 10.8 Å². The van der Waals surface area contributed by atoms with Crippen LogP contribution in [-0.4, -0.2) is 54.6 Å². The van der Waals surface area contributed by atoms with Crippen LogP contribution >= 0.6 is 11.3 Å². The minimum absolute atomic E-state index is 0.0777. The van der Waals surface area contributed by atoms with Gasteiger partial charge in [-0.2, -0.15) is 0 Å². The highest BCUT2D eigenvalue weighted by Gasteiger charge is 2.22. The van der Waals surface area contributed by atoms with Crippen molar-refractivity contribution in [2.24, 2.45) is 0 Å². The minimum Gasteiger partial charge on any atom is -0.495 e. The number of hydrogen-bond acceptors (Lipinski definition) is 8. The molecule has 2 amide bonds. The van der Waals surface area contributed by atoms with Crippen LogP contribution < -0.4 is 15.4 Å². The third kappa shape index (κ3) is 6.36. The van der Waals surface area contributed by atoms with E-state index in [2.05, 4.69) is 15.6 Å². The zero-order chi connectivity index (χ0) is 23.8. The number of aromatic nitrogens is 1. The summed E-state index contributed by atoms with van der Waals surface area (Å²) in [7, 11) is 1.60. The molecule has 0 radical (unpaired) electrons. The number of methoxy groups -OCH3 is 1. The summed E-state index contributed by atoms with van der Waals surface area (Å²) in [5.41, 5.74) is 1.06. The predicted molar refractivity (Wildman–Crippen MR) is 128 cm³/mol. The molecule has 1 aliphatic heterocycles. The first-order chi connectivity index (χ1) is 16.6. The molecule has 1 saturated heterocycles. The van der Waals surface area contributed by atoms with E-state index in [1.807, 2.05) is 24.3 Å². The maximum Gasteiger partial charge on any atom is 0.273 e. The fraction of sp³-hybridized carbons (Fsp3) is 0.375. The molecule has 0 bridgehead atoms. The number of thiazole rings is 1. The summed E-state index contributed by atoms with van der Waals surface area (Å²) in [4.78, 5) is 31.7. The summed E-state index contributed by atoms with van der Waals surface area (Å²) in [5, 5.41) is 8.36. The quantitative estimate of drug-likeness (QED) is 0.426. The molecule has 2 aromatic heterocycles. The summed E-state index contributed by atoms with van der Waals surface area (Å²) in [6, 6.07) is 11.1. The van der Waals surface area contributed by atoms with E-state index < -0.39 is 0 Å². The Labute approximate surface area is 202 Å². The van der Waals surface area contributed by atoms with Crippen molar-refractivity contribution in [3.05, 3.63) is 59.5 Å². The van der Waals surface area contributed by atoms with Gasteiger partial charge in [-0.05, 0) is 37.1 Å². The van der Waals surface area contributed by atoms with Gasteiger partial charge in [0.2, 0.25) is 5.91 Å². The molecule has 0 aliphatic carbocycles. The SMILES string of the molecule is COc1ccccc1Nc1nc(C(=O)N(CCC(=O)NCC2CCCO2)Cc2ccco2)cs1. The summed E-state index contributed by atoms with van der Waals surface area (Å²) in [5.74, 6) is 0.923. The minimum atomic E-state index is -0.271. The van der Waals surface area contributed by atoms with Crippen LogP contribution in [-0.2, 0) is 16.1 Å². The Morgan fingerprint density at radius 1 is 1.26 bits per heavy atom. The van der Waals surface area contributed by atoms with Gasteiger partial charge in [-0.15, -0.1) is 11.3 Å². The van der Waals surface area contributed by atoms with Crippen molar-refractivity contribution in [1.82, 2.24) is 15.2 Å². The van der Waals surface area contributed by atoms with Crippen LogP contribution in [0.2, 0.25) is 0 Å². The van der Waals surface area contributed by atoms with Crippen molar-refractivity contribution in [1.29, 1.82) is 0 Å². The standard InChI is InChI=1S/C24H28N4O5S/c1-31-21-9-3-2-8-19(21)26-24-27-20(16-34-24)23(30)28(15-18-7-5-13-33-18)11-10-22(29)25-14-17-6-4-12-32-17/h2-3,5,7-9,13,16-17H,4,6,10-12,14-15H2,1H3,(H,25,29)(H,26,27). The number of amides is 2. The van der Waals surface area contributed by atoms with E-state index in [0.29, 0.717) is 28.9 Å². The Bertz CT molecular complexity index is 1080. The largest absolute Gasteiger partial charge is 0.495 e. The second-order valence-electron chi connectivity index (χ2n) is 7.86. The number of carbonyl (C=O) groups excluding carboxylic acids is 2. The maximum absolute atomic E-state index is 13.3. The van der Waals surface area contributed by atoms with Gasteiger partial charge in [0.1, 0.15) is 17.2 Å². The molecule has 9 nitrogen and oxygen atoms in total. The molecule has 2 N–H and O–H groups in total. The number of carbonyl (C=O) groups is 2. The van der Waals surface area contributed by atoms with E-state index in [4.69, 9.17) is 13.9 Å². The number of rotatable bonds is 11. The van der Waals surface area contributed by atoms with Crippen molar-refractivity contribution in [2.75, 3.05) is 32.1 Å². The molecule has 10 heteroatoms. The van der Waals surface area contributed by atoms with Crippen LogP contribution in [0, 0.1) is 0 Å². The van der Waals surface area contributed by atoms with Gasteiger partial charge in [-0.1, -0.05) is 12.1 Å². The number of ether oxygens (including phenoxy) is 2. The molecular formula is C24H28N4O5S. The molecule has 0 spiro atoms. The Kier molecular flexibility index (Phi) is 8.16. The summed E-state index contributed by atoms with van der Waals surface area (Å²) < 4.78 is 16.3. The number of nitrogens with zero attached hydrogens (tertiary/aromatic N) is 2. The summed E-state index contributed by atoms with van der Waals surface area (Å²) in [6.07, 6.45) is 3.79. The Balaban J connectivity index is 1.39. The second-order valence-corrected chi connectivity index (χ2v) is 8.72. The lowest BCUT2D eigenvalue weighted by Gasteiger charge is -2.21. The number of nitrogens with one attached hydrogen (secondary N) is 2. The van der Waals surface area contributed by atoms with Crippen molar-refractivity contribution in [3.63, 3.8) is 0 Å². The molecule has 180 valence electrons. The van der Waals surface area contributed by atoms with Crippen molar-refractivity contribution in [3.8, 4) is 5.75 Å². The normalized spacial score (nSPS) is 15.1. The van der Waals surface area contributed by atoms with Gasteiger partial charge in [-0.25, -0.2) is 4.98 Å². The van der Waals surface area contributed by atoms with Gasteiger partial charge < -0.3 is 29.4 Å². The lowest BCUT2D eigenvalue weighted by atomic mass is 10.2. The lowest BCUT2D eigenvalue weighted by Crippen LogP contribution is -2.37. The van der Waals surface area contributed by atoms with Gasteiger partial charge >= 0.3 is 0 Å². The van der Waals surface area contributed by atoms with E-state index in [1.165, 1.54) is 11.3 Å². The van der Waals surface area contributed by atoms with Gasteiger partial charge in [0.25, 0.3) is 5.91 Å². The smallest absolute Gasteiger partial charge is 0.273 e. The predicted octanol–water partition coefficient (Wildman–Crippen LogP) is 3.82. The fourth-order valence-corrected chi connectivity index (χ4v) is 4.35. The molecule has 1 unspecified atom stereocenters. The number of para-hydroxylation sites is 2. The van der Waals surface area contributed by atoms with E-state index >= 15 is 0 Å². The van der Waals surface area contributed by atoms with Crippen LogP contribution in [0.3, 0.4) is 0 Å². The summed E-state index contributed by atoms with van der Waals surface area (Å²) in [6.45, 7) is 1.73. The number of benzene rings is 1. The second kappa shape index (κ2) is 11.7. The van der Waals surface area contributed by atoms with Gasteiger partial charge in [0, 0.05) is 31.5 Å². The first kappa shape index (κ1) is 23.8. The highest BCUT2D eigenvalue weighted by atomic mass is 32.1. The average Bonchev–Trinajstić information content (AvgIpc) is 3.64. The van der Waals surface area contributed by atoms with Gasteiger partial charge in [0.15, 0.2) is 5.13 Å². The van der Waals surface area contributed by atoms with Gasteiger partial charge in [-0.3, -0.25) is 9.59 Å². The fourth-order valence-electron chi connectivity index (χ4n) is 3.66. The van der Waals surface area contributed by atoms with E-state index in [9.17, 15) is 9.59 Å². The molecule has 4 rings (SSSR count). The molecule has 1 aromatic carbocycles. The molecule has 34 heavy (non-hydrogen) atoms. The van der Waals surface area contributed by atoms with Crippen LogP contribution in [0.1, 0.15) is 35.5 Å². The van der Waals surface area contributed by atoms with E-state index in [0.717, 1.165) is 25.1 Å². The molecule has 3 heterocycles. The molecule has 1 atom stereocenters. The van der Waals surface area contributed by atoms with Crippen LogP contribution in [0.15, 0.2) is 52.5 Å². The average molecular weight is 485 g/mol. The molecule has 3 aromatic rings. The number of furan rings is 1. The highest BCUT2D eigenvalue weighted by molar-refractivity contribution is 7.14. The third-order valence-corrected chi connectivity index (χ3v) is 6.20. The van der Waals surface area contributed by atoms with E-state index in [-0.39, 0.29) is 37.4 Å². The Morgan fingerprint density at radius 2 is 2.15 bits per heavy atom. The topological polar surface area (TPSA) is 106 Å². The van der Waals surface area contributed by atoms with Gasteiger partial charge in [0.05, 0.1) is 31.7 Å². The highest BCUT2D eigenvalue weighted by Crippen LogP contribution is 2.29. The van der Waals surface area contributed by atoms with Crippen molar-refractivity contribution < 1.29 is 23.5 Å². The zero-order valence-corrected chi connectivity index (χ0v) is 19.8. The number of anilines is 2. The molecule has 0 saturated carbocycles. The number of hydrogen-bond donors (Lipinski definition) is 2. The van der Waals surface area contributed by atoms with Crippen LogP contribution in [0.5, 0.6) is 5.75 Å². The van der Waals surface area contributed by atoms with Crippen molar-refractivity contribution in [2.45, 2.75) is 31.9 Å². The summed E-state index contributed by atoms with van der Waals surface area (Å²) >= 11 is 1.32. The lowest BCUT2D eigenvalue weighted by molar-refractivity contribution is -0.121. The zero-order valence-electron chi connectivity index (χ0n) is 19.0. The van der Waals surface area contributed by atoms with Crippen molar-refractivity contribution >= 4 is 34.0 Å². The van der Waals surface area contributed by atoms with E-state index in [1.54, 1.807) is 35.8 Å². The molecular weight excluding hydrogens is 456 g/mol. The first-order valence-corrected chi connectivity index (χ1v) is 12.1. The Morgan fingerprint density at radius 3 is 2.91 bits per heavy atom. The first-order valence-electron chi connectivity index (χ1n) is 11.2. The Hall–Kier alpha value is -3.37. The maximum atomic E-state index is 13.3. The van der Waals surface area contributed by atoms with Crippen LogP contribution in [0.25, 0.3) is 0 Å². The monoisotopic (exact) mass is 484 g/mol. The molecule has 1 aliphatic rings.